The Morgan fingerprint density at radius 2 is 2.21 bits per heavy atom. The number of thiophene rings is 1. The number of hydrogen-bond donors (Lipinski definition) is 1. The van der Waals surface area contributed by atoms with Gasteiger partial charge in [0, 0.05) is 6.20 Å². The lowest BCUT2D eigenvalue weighted by Crippen LogP contribution is -1.89. The zero-order valence-electron chi connectivity index (χ0n) is 7.04. The summed E-state index contributed by atoms with van der Waals surface area (Å²) in [6.45, 7) is 0. The molecule has 0 aliphatic carbocycles. The molecule has 70 valence electrons. The maximum absolute atomic E-state index is 10.6. The highest BCUT2D eigenvalue weighted by molar-refractivity contribution is 7.17. The van der Waals surface area contributed by atoms with E-state index < -0.39 is 5.97 Å². The highest BCUT2D eigenvalue weighted by Gasteiger charge is 2.08. The van der Waals surface area contributed by atoms with E-state index in [1.165, 1.54) is 17.7 Å². The molecule has 4 nitrogen and oxygen atoms in total. The van der Waals surface area contributed by atoms with Crippen molar-refractivity contribution in [3.8, 4) is 10.6 Å². The third kappa shape index (κ3) is 1.62. The molecule has 0 saturated carbocycles. The first-order valence-electron chi connectivity index (χ1n) is 3.87. The van der Waals surface area contributed by atoms with Crippen molar-refractivity contribution in [3.05, 3.63) is 35.6 Å². The standard InChI is InChI=1S/C9H6N2O2S/c12-9(13)8-2-1-7(14-8)6-3-4-10-5-11-6/h1-5H,(H,12,13). The molecule has 0 saturated heterocycles. The first-order chi connectivity index (χ1) is 6.77. The molecule has 0 aliphatic rings. The lowest BCUT2D eigenvalue weighted by atomic mass is 10.3. The first-order valence-corrected chi connectivity index (χ1v) is 4.68. The van der Waals surface area contributed by atoms with E-state index in [0.717, 1.165) is 10.6 Å². The van der Waals surface area contributed by atoms with Crippen LogP contribution in [0.15, 0.2) is 30.7 Å². The van der Waals surface area contributed by atoms with Crippen LogP contribution in [0.2, 0.25) is 0 Å². The zero-order valence-corrected chi connectivity index (χ0v) is 7.86. The molecule has 0 aromatic carbocycles. The van der Waals surface area contributed by atoms with E-state index in [9.17, 15) is 4.79 Å². The summed E-state index contributed by atoms with van der Waals surface area (Å²) in [6.07, 6.45) is 3.07. The van der Waals surface area contributed by atoms with E-state index in [-0.39, 0.29) is 0 Å². The fourth-order valence-electron chi connectivity index (χ4n) is 1.03. The van der Waals surface area contributed by atoms with Gasteiger partial charge >= 0.3 is 5.97 Å². The van der Waals surface area contributed by atoms with E-state index in [0.29, 0.717) is 4.88 Å². The van der Waals surface area contributed by atoms with Crippen molar-refractivity contribution in [3.63, 3.8) is 0 Å². The van der Waals surface area contributed by atoms with Crippen LogP contribution in [0, 0.1) is 0 Å². The number of aromatic nitrogens is 2. The number of carboxylic acids is 1. The van der Waals surface area contributed by atoms with Gasteiger partial charge in [-0.25, -0.2) is 14.8 Å². The van der Waals surface area contributed by atoms with Crippen LogP contribution in [0.1, 0.15) is 9.67 Å². The molecular formula is C9H6N2O2S. The second-order valence-electron chi connectivity index (χ2n) is 2.56. The van der Waals surface area contributed by atoms with Gasteiger partial charge in [-0.2, -0.15) is 0 Å². The topological polar surface area (TPSA) is 63.1 Å². The van der Waals surface area contributed by atoms with Crippen LogP contribution >= 0.6 is 11.3 Å². The van der Waals surface area contributed by atoms with E-state index >= 15 is 0 Å². The van der Waals surface area contributed by atoms with Crippen molar-refractivity contribution >= 4 is 17.3 Å². The van der Waals surface area contributed by atoms with Crippen LogP contribution in [0.25, 0.3) is 10.6 Å². The Labute approximate surface area is 83.9 Å². The molecule has 1 N–H and O–H groups in total. The Kier molecular flexibility index (Phi) is 2.24. The summed E-state index contributed by atoms with van der Waals surface area (Å²) >= 11 is 1.20. The predicted octanol–water partition coefficient (Wildman–Crippen LogP) is 1.90. The van der Waals surface area contributed by atoms with E-state index in [1.54, 1.807) is 24.4 Å². The third-order valence-corrected chi connectivity index (χ3v) is 2.75. The summed E-state index contributed by atoms with van der Waals surface area (Å²) in [5.41, 5.74) is 0.748. The minimum Gasteiger partial charge on any atom is -0.477 e. The number of nitrogens with zero attached hydrogens (tertiary/aromatic N) is 2. The van der Waals surface area contributed by atoms with Crippen molar-refractivity contribution in [1.29, 1.82) is 0 Å². The number of carboxylic acid groups (broad SMARTS) is 1. The van der Waals surface area contributed by atoms with Crippen LogP contribution < -0.4 is 0 Å². The lowest BCUT2D eigenvalue weighted by Gasteiger charge is -1.92. The van der Waals surface area contributed by atoms with Crippen molar-refractivity contribution in [2.45, 2.75) is 0 Å². The van der Waals surface area contributed by atoms with E-state index in [2.05, 4.69) is 9.97 Å². The van der Waals surface area contributed by atoms with Crippen molar-refractivity contribution in [2.24, 2.45) is 0 Å². The van der Waals surface area contributed by atoms with Crippen LogP contribution in [0.3, 0.4) is 0 Å². The number of aromatic carboxylic acids is 1. The first kappa shape index (κ1) is 8.83. The molecule has 2 heterocycles. The van der Waals surface area contributed by atoms with Crippen LogP contribution in [0.5, 0.6) is 0 Å². The van der Waals surface area contributed by atoms with Crippen molar-refractivity contribution in [2.75, 3.05) is 0 Å². The van der Waals surface area contributed by atoms with Gasteiger partial charge < -0.3 is 5.11 Å². The fourth-order valence-corrected chi connectivity index (χ4v) is 1.85. The average molecular weight is 206 g/mol. The Balaban J connectivity index is 2.39. The SMILES string of the molecule is O=C(O)c1ccc(-c2ccncn2)s1. The van der Waals surface area contributed by atoms with Gasteiger partial charge in [-0.3, -0.25) is 0 Å². The summed E-state index contributed by atoms with van der Waals surface area (Å²) in [5.74, 6) is -0.907. The van der Waals surface area contributed by atoms with Gasteiger partial charge in [0.15, 0.2) is 0 Å². The van der Waals surface area contributed by atoms with Gasteiger partial charge in [0.1, 0.15) is 11.2 Å². The summed E-state index contributed by atoms with van der Waals surface area (Å²) < 4.78 is 0. The third-order valence-electron chi connectivity index (χ3n) is 1.65. The quantitative estimate of drug-likeness (QED) is 0.815. The van der Waals surface area contributed by atoms with Gasteiger partial charge in [-0.1, -0.05) is 0 Å². The molecule has 0 atom stereocenters. The lowest BCUT2D eigenvalue weighted by molar-refractivity contribution is 0.0702. The Bertz CT molecular complexity index is 453. The second-order valence-corrected chi connectivity index (χ2v) is 3.65. The summed E-state index contributed by atoms with van der Waals surface area (Å²) in [5, 5.41) is 8.72. The average Bonchev–Trinajstić information content (AvgIpc) is 2.68. The van der Waals surface area contributed by atoms with Gasteiger partial charge in [0.05, 0.1) is 10.6 Å². The Morgan fingerprint density at radius 1 is 1.36 bits per heavy atom. The molecule has 2 aromatic heterocycles. The van der Waals surface area contributed by atoms with Gasteiger partial charge in [-0.15, -0.1) is 11.3 Å². The maximum atomic E-state index is 10.6. The smallest absolute Gasteiger partial charge is 0.345 e. The molecule has 0 radical (unpaired) electrons. The molecule has 2 aromatic rings. The molecule has 0 amide bonds. The molecule has 0 unspecified atom stereocenters. The normalized spacial score (nSPS) is 10.0. The van der Waals surface area contributed by atoms with Gasteiger partial charge in [0.25, 0.3) is 0 Å². The van der Waals surface area contributed by atoms with Gasteiger partial charge in [0.2, 0.25) is 0 Å². The minimum absolute atomic E-state index is 0.318. The summed E-state index contributed by atoms with van der Waals surface area (Å²) in [7, 11) is 0. The number of rotatable bonds is 2. The van der Waals surface area contributed by atoms with Gasteiger partial charge in [-0.05, 0) is 18.2 Å². The molecule has 2 rings (SSSR count). The molecular weight excluding hydrogens is 200 g/mol. The molecule has 0 spiro atoms. The summed E-state index contributed by atoms with van der Waals surface area (Å²) in [6, 6.07) is 5.07. The summed E-state index contributed by atoms with van der Waals surface area (Å²) in [4.78, 5) is 19.6. The molecule has 5 heteroatoms. The number of hydrogen-bond acceptors (Lipinski definition) is 4. The monoisotopic (exact) mass is 206 g/mol. The minimum atomic E-state index is -0.907. The van der Waals surface area contributed by atoms with Crippen LogP contribution in [0.4, 0.5) is 0 Å². The molecule has 0 fully saturated rings. The fraction of sp³-hybridized carbons (Fsp3) is 0. The molecule has 0 aliphatic heterocycles. The largest absolute Gasteiger partial charge is 0.477 e. The zero-order chi connectivity index (χ0) is 9.97. The van der Waals surface area contributed by atoms with Crippen LogP contribution in [-0.2, 0) is 0 Å². The Hall–Kier alpha value is -1.75. The van der Waals surface area contributed by atoms with E-state index in [1.807, 2.05) is 0 Å². The molecule has 0 bridgehead atoms. The van der Waals surface area contributed by atoms with Crippen LogP contribution in [-0.4, -0.2) is 21.0 Å². The second kappa shape index (κ2) is 3.55. The number of carbonyl (C=O) groups is 1. The van der Waals surface area contributed by atoms with E-state index in [4.69, 9.17) is 5.11 Å². The molecule has 14 heavy (non-hydrogen) atoms. The Morgan fingerprint density at radius 3 is 2.79 bits per heavy atom. The highest BCUT2D eigenvalue weighted by Crippen LogP contribution is 2.25. The van der Waals surface area contributed by atoms with Crippen molar-refractivity contribution in [1.82, 2.24) is 9.97 Å². The maximum Gasteiger partial charge on any atom is 0.345 e. The highest BCUT2D eigenvalue weighted by atomic mass is 32.1. The predicted molar refractivity (Wildman–Crippen MR) is 52.3 cm³/mol. The van der Waals surface area contributed by atoms with Crippen molar-refractivity contribution < 1.29 is 9.90 Å².